The Kier molecular flexibility index (Phi) is 6.66. The van der Waals surface area contributed by atoms with Gasteiger partial charge in [-0.3, -0.25) is 14.2 Å². The SMILES string of the molecule is Cc1ccc(NC(=O)CSc2nc3ccccc3c(=O)n2C[C@@H]2COc3ccccc3O2)cc1Cl. The van der Waals surface area contributed by atoms with E-state index in [1.165, 1.54) is 11.8 Å². The van der Waals surface area contributed by atoms with Gasteiger partial charge in [0.15, 0.2) is 22.8 Å². The molecule has 0 saturated carbocycles. The van der Waals surface area contributed by atoms with Crippen LogP contribution >= 0.6 is 23.4 Å². The molecule has 1 amide bonds. The summed E-state index contributed by atoms with van der Waals surface area (Å²) < 4.78 is 13.4. The molecule has 9 heteroatoms. The smallest absolute Gasteiger partial charge is 0.262 e. The van der Waals surface area contributed by atoms with Crippen molar-refractivity contribution in [2.75, 3.05) is 17.7 Å². The second kappa shape index (κ2) is 10.0. The molecule has 0 aliphatic carbocycles. The third-order valence-corrected chi connectivity index (χ3v) is 6.95. The second-order valence-corrected chi connectivity index (χ2v) is 9.48. The Morgan fingerprint density at radius 3 is 2.74 bits per heavy atom. The third-order valence-electron chi connectivity index (χ3n) is 5.57. The van der Waals surface area contributed by atoms with Crippen molar-refractivity contribution in [1.82, 2.24) is 9.55 Å². The standard InChI is InChI=1S/C26H22ClN3O4S/c1-16-10-11-17(12-20(16)27)28-24(31)15-35-26-29-21-7-3-2-6-19(21)25(32)30(26)13-18-14-33-22-8-4-5-9-23(22)34-18/h2-12,18H,13-15H2,1H3,(H,28,31)/t18-/m1/s1. The van der Waals surface area contributed by atoms with Crippen LogP contribution in [-0.4, -0.2) is 33.9 Å². The van der Waals surface area contributed by atoms with Gasteiger partial charge in [0.2, 0.25) is 5.91 Å². The quantitative estimate of drug-likeness (QED) is 0.294. The highest BCUT2D eigenvalue weighted by Crippen LogP contribution is 2.31. The van der Waals surface area contributed by atoms with Crippen LogP contribution in [-0.2, 0) is 11.3 Å². The highest BCUT2D eigenvalue weighted by molar-refractivity contribution is 7.99. The average molecular weight is 508 g/mol. The van der Waals surface area contributed by atoms with Gasteiger partial charge in [-0.05, 0) is 48.9 Å². The van der Waals surface area contributed by atoms with E-state index in [1.807, 2.05) is 43.3 Å². The van der Waals surface area contributed by atoms with Crippen LogP contribution in [0.1, 0.15) is 5.56 Å². The Morgan fingerprint density at radius 1 is 1.14 bits per heavy atom. The summed E-state index contributed by atoms with van der Waals surface area (Å²) in [5.41, 5.74) is 1.93. The van der Waals surface area contributed by atoms with Crippen LogP contribution in [0, 0.1) is 6.92 Å². The predicted octanol–water partition coefficient (Wildman–Crippen LogP) is 4.93. The zero-order valence-corrected chi connectivity index (χ0v) is 20.4. The van der Waals surface area contributed by atoms with Crippen molar-refractivity contribution in [3.63, 3.8) is 0 Å². The summed E-state index contributed by atoms with van der Waals surface area (Å²) in [6.07, 6.45) is -0.381. The normalized spacial score (nSPS) is 14.6. The fraction of sp³-hybridized carbons (Fsp3) is 0.192. The molecule has 1 aromatic heterocycles. The summed E-state index contributed by atoms with van der Waals surface area (Å²) in [6, 6.07) is 19.9. The number of halogens is 1. The summed E-state index contributed by atoms with van der Waals surface area (Å²) in [7, 11) is 0. The number of ether oxygens (including phenoxy) is 2. The summed E-state index contributed by atoms with van der Waals surface area (Å²) in [6.45, 7) is 2.44. The van der Waals surface area contributed by atoms with Crippen LogP contribution in [0.2, 0.25) is 5.02 Å². The Hall–Kier alpha value is -3.49. The lowest BCUT2D eigenvalue weighted by atomic mass is 10.2. The van der Waals surface area contributed by atoms with Crippen molar-refractivity contribution in [2.45, 2.75) is 24.7 Å². The first kappa shape index (κ1) is 23.3. The zero-order valence-electron chi connectivity index (χ0n) is 18.9. The molecule has 2 heterocycles. The number of carbonyl (C=O) groups is 1. The maximum atomic E-state index is 13.4. The van der Waals surface area contributed by atoms with E-state index in [4.69, 9.17) is 21.1 Å². The Balaban J connectivity index is 1.38. The number of hydrogen-bond acceptors (Lipinski definition) is 6. The lowest BCUT2D eigenvalue weighted by Gasteiger charge is -2.27. The van der Waals surface area contributed by atoms with Gasteiger partial charge in [-0.2, -0.15) is 0 Å². The molecule has 0 unspecified atom stereocenters. The first-order valence-electron chi connectivity index (χ1n) is 11.0. The number of carbonyl (C=O) groups excluding carboxylic acids is 1. The lowest BCUT2D eigenvalue weighted by molar-refractivity contribution is -0.113. The van der Waals surface area contributed by atoms with Gasteiger partial charge in [-0.15, -0.1) is 0 Å². The van der Waals surface area contributed by atoms with E-state index in [0.717, 1.165) is 5.56 Å². The third kappa shape index (κ3) is 5.13. The van der Waals surface area contributed by atoms with Gasteiger partial charge in [0.25, 0.3) is 5.56 Å². The number of hydrogen-bond donors (Lipinski definition) is 1. The average Bonchev–Trinajstić information content (AvgIpc) is 2.87. The van der Waals surface area contributed by atoms with Crippen molar-refractivity contribution in [3.8, 4) is 11.5 Å². The van der Waals surface area contributed by atoms with E-state index < -0.39 is 0 Å². The Bertz CT molecular complexity index is 1470. The van der Waals surface area contributed by atoms with Crippen molar-refractivity contribution >= 4 is 45.9 Å². The van der Waals surface area contributed by atoms with Gasteiger partial charge in [0.1, 0.15) is 6.61 Å². The second-order valence-electron chi connectivity index (χ2n) is 8.13. The molecular formula is C26H22ClN3O4S. The summed E-state index contributed by atoms with van der Waals surface area (Å²) >= 11 is 7.36. The first-order valence-corrected chi connectivity index (χ1v) is 12.4. The van der Waals surface area contributed by atoms with Gasteiger partial charge in [0.05, 0.1) is 23.2 Å². The van der Waals surface area contributed by atoms with Crippen molar-refractivity contribution in [2.24, 2.45) is 0 Å². The number of amides is 1. The van der Waals surface area contributed by atoms with E-state index in [0.29, 0.717) is 44.9 Å². The topological polar surface area (TPSA) is 82.5 Å². The summed E-state index contributed by atoms with van der Waals surface area (Å²) in [4.78, 5) is 30.7. The molecule has 3 aromatic carbocycles. The van der Waals surface area contributed by atoms with Gasteiger partial charge >= 0.3 is 0 Å². The molecular weight excluding hydrogens is 486 g/mol. The molecule has 0 saturated heterocycles. The molecule has 0 fully saturated rings. The van der Waals surface area contributed by atoms with Crippen LogP contribution < -0.4 is 20.3 Å². The van der Waals surface area contributed by atoms with Crippen LogP contribution in [0.4, 0.5) is 5.69 Å². The van der Waals surface area contributed by atoms with Crippen LogP contribution in [0.15, 0.2) is 76.7 Å². The van der Waals surface area contributed by atoms with Crippen LogP contribution in [0.5, 0.6) is 11.5 Å². The van der Waals surface area contributed by atoms with E-state index >= 15 is 0 Å². The zero-order chi connectivity index (χ0) is 24.4. The first-order chi connectivity index (χ1) is 17.0. The molecule has 4 aromatic rings. The fourth-order valence-electron chi connectivity index (χ4n) is 3.77. The molecule has 1 aliphatic heterocycles. The van der Waals surface area contributed by atoms with Gasteiger partial charge in [-0.1, -0.05) is 53.7 Å². The number of aromatic nitrogens is 2. The van der Waals surface area contributed by atoms with E-state index in [9.17, 15) is 9.59 Å². The number of para-hydroxylation sites is 3. The maximum Gasteiger partial charge on any atom is 0.262 e. The van der Waals surface area contributed by atoms with Crippen LogP contribution in [0.25, 0.3) is 10.9 Å². The molecule has 7 nitrogen and oxygen atoms in total. The predicted molar refractivity (Wildman–Crippen MR) is 138 cm³/mol. The van der Waals surface area contributed by atoms with Crippen LogP contribution in [0.3, 0.4) is 0 Å². The minimum Gasteiger partial charge on any atom is -0.486 e. The number of nitrogens with one attached hydrogen (secondary N) is 1. The molecule has 1 N–H and O–H groups in total. The monoisotopic (exact) mass is 507 g/mol. The largest absolute Gasteiger partial charge is 0.486 e. The molecule has 0 spiro atoms. The lowest BCUT2D eigenvalue weighted by Crippen LogP contribution is -2.37. The number of thioether (sulfide) groups is 1. The van der Waals surface area contributed by atoms with E-state index in [2.05, 4.69) is 10.3 Å². The number of anilines is 1. The summed E-state index contributed by atoms with van der Waals surface area (Å²) in [5, 5.41) is 4.37. The van der Waals surface area contributed by atoms with Crippen molar-refractivity contribution < 1.29 is 14.3 Å². The molecule has 0 radical (unpaired) electrons. The molecule has 5 rings (SSSR count). The van der Waals surface area contributed by atoms with Crippen molar-refractivity contribution in [1.29, 1.82) is 0 Å². The number of nitrogens with zero attached hydrogens (tertiary/aromatic N) is 2. The molecule has 1 atom stereocenters. The van der Waals surface area contributed by atoms with Gasteiger partial charge < -0.3 is 14.8 Å². The summed E-state index contributed by atoms with van der Waals surface area (Å²) in [5.74, 6) is 1.15. The van der Waals surface area contributed by atoms with E-state index in [-0.39, 0.29) is 29.9 Å². The number of benzene rings is 3. The highest BCUT2D eigenvalue weighted by atomic mass is 35.5. The number of rotatable bonds is 6. The molecule has 35 heavy (non-hydrogen) atoms. The molecule has 0 bridgehead atoms. The minimum absolute atomic E-state index is 0.0706. The van der Waals surface area contributed by atoms with Gasteiger partial charge in [-0.25, -0.2) is 4.98 Å². The number of fused-ring (bicyclic) bond motifs is 2. The Labute approximate surface area is 211 Å². The minimum atomic E-state index is -0.381. The number of aryl methyl sites for hydroxylation is 1. The maximum absolute atomic E-state index is 13.4. The highest BCUT2D eigenvalue weighted by Gasteiger charge is 2.24. The van der Waals surface area contributed by atoms with E-state index in [1.54, 1.807) is 34.9 Å². The fourth-order valence-corrected chi connectivity index (χ4v) is 4.76. The van der Waals surface area contributed by atoms with Crippen molar-refractivity contribution in [3.05, 3.63) is 87.7 Å². The van der Waals surface area contributed by atoms with Gasteiger partial charge in [0, 0.05) is 10.7 Å². The molecule has 178 valence electrons. The molecule has 1 aliphatic rings. The Morgan fingerprint density at radius 2 is 1.91 bits per heavy atom.